The Morgan fingerprint density at radius 3 is 2.95 bits per heavy atom. The number of H-pyrrole nitrogens is 1. The quantitative estimate of drug-likeness (QED) is 0.835. The molecule has 0 fully saturated rings. The van der Waals surface area contributed by atoms with Crippen LogP contribution in [0.2, 0.25) is 5.02 Å². The van der Waals surface area contributed by atoms with E-state index in [9.17, 15) is 4.79 Å². The number of nitrogens with one attached hydrogen (secondary N) is 1. The Hall–Kier alpha value is -2.01. The Balaban J connectivity index is 2.07. The third-order valence-electron chi connectivity index (χ3n) is 3.86. The molecule has 0 saturated heterocycles. The van der Waals surface area contributed by atoms with Gasteiger partial charge in [-0.3, -0.25) is 4.79 Å². The number of anilines is 1. The highest BCUT2D eigenvalue weighted by molar-refractivity contribution is 6.32. The number of nitrogen functional groups attached to an aromatic ring is 1. The number of aromatic amines is 1. The van der Waals surface area contributed by atoms with Gasteiger partial charge in [-0.1, -0.05) is 18.5 Å². The van der Waals surface area contributed by atoms with Crippen molar-refractivity contribution in [1.82, 2.24) is 10.2 Å². The second kappa shape index (κ2) is 5.07. The fourth-order valence-electron chi connectivity index (χ4n) is 2.82. The lowest BCUT2D eigenvalue weighted by Gasteiger charge is -2.13. The normalized spacial score (nSPS) is 16.8. The lowest BCUT2D eigenvalue weighted by molar-refractivity contribution is 0.445. The first-order valence-corrected chi connectivity index (χ1v) is 7.20. The molecule has 6 heteroatoms. The van der Waals surface area contributed by atoms with Gasteiger partial charge in [-0.2, -0.15) is 0 Å². The zero-order valence-electron chi connectivity index (χ0n) is 11.9. The number of hydrogen-bond donors (Lipinski definition) is 2. The van der Waals surface area contributed by atoms with Gasteiger partial charge in [-0.05, 0) is 43.4 Å². The molecule has 0 amide bonds. The summed E-state index contributed by atoms with van der Waals surface area (Å²) >= 11 is 6.19. The number of aryl methyl sites for hydroxylation is 1. The van der Waals surface area contributed by atoms with Crippen LogP contribution in [0, 0.1) is 6.92 Å². The van der Waals surface area contributed by atoms with Gasteiger partial charge in [0.2, 0.25) is 5.88 Å². The van der Waals surface area contributed by atoms with Gasteiger partial charge in [0.15, 0.2) is 5.75 Å². The molecule has 5 nitrogen and oxygen atoms in total. The Bertz CT molecular complexity index is 747. The van der Waals surface area contributed by atoms with Crippen LogP contribution in [0.4, 0.5) is 5.69 Å². The topological polar surface area (TPSA) is 81.0 Å². The van der Waals surface area contributed by atoms with Crippen LogP contribution in [-0.2, 0) is 6.42 Å². The molecule has 1 aliphatic carbocycles. The van der Waals surface area contributed by atoms with Gasteiger partial charge in [0.1, 0.15) is 0 Å². The van der Waals surface area contributed by atoms with Crippen LogP contribution < -0.4 is 16.0 Å². The molecule has 1 atom stereocenters. The number of rotatable bonds is 2. The van der Waals surface area contributed by atoms with Crippen molar-refractivity contribution in [3.8, 4) is 11.6 Å². The molecule has 1 aliphatic rings. The van der Waals surface area contributed by atoms with E-state index in [1.807, 2.05) is 13.8 Å². The first-order valence-electron chi connectivity index (χ1n) is 6.82. The summed E-state index contributed by atoms with van der Waals surface area (Å²) in [7, 11) is 0. The fourth-order valence-corrected chi connectivity index (χ4v) is 3.13. The maximum absolute atomic E-state index is 11.9. The van der Waals surface area contributed by atoms with Gasteiger partial charge in [0, 0.05) is 16.8 Å². The second-order valence-electron chi connectivity index (χ2n) is 5.44. The number of hydrogen-bond acceptors (Lipinski definition) is 4. The molecule has 0 aliphatic heterocycles. The van der Waals surface area contributed by atoms with E-state index < -0.39 is 0 Å². The Morgan fingerprint density at radius 1 is 1.48 bits per heavy atom. The van der Waals surface area contributed by atoms with Crippen molar-refractivity contribution in [1.29, 1.82) is 0 Å². The largest absolute Gasteiger partial charge is 0.435 e. The smallest absolute Gasteiger partial charge is 0.268 e. The Morgan fingerprint density at radius 2 is 2.24 bits per heavy atom. The van der Waals surface area contributed by atoms with Crippen LogP contribution in [0.1, 0.15) is 36.0 Å². The van der Waals surface area contributed by atoms with E-state index >= 15 is 0 Å². The molecule has 21 heavy (non-hydrogen) atoms. The SMILES string of the molecule is Cc1cc(N)cc(Cl)c1Oc1n[nH]c(=O)c2c1CC[C@@H]2C. The summed E-state index contributed by atoms with van der Waals surface area (Å²) in [5, 5.41) is 6.97. The second-order valence-corrected chi connectivity index (χ2v) is 5.85. The van der Waals surface area contributed by atoms with Crippen molar-refractivity contribution in [2.75, 3.05) is 5.73 Å². The van der Waals surface area contributed by atoms with E-state index in [1.54, 1.807) is 12.1 Å². The third-order valence-corrected chi connectivity index (χ3v) is 4.14. The van der Waals surface area contributed by atoms with Crippen LogP contribution in [0.25, 0.3) is 0 Å². The molecule has 110 valence electrons. The summed E-state index contributed by atoms with van der Waals surface area (Å²) in [5.41, 5.74) is 8.66. The minimum Gasteiger partial charge on any atom is -0.435 e. The van der Waals surface area contributed by atoms with Crippen molar-refractivity contribution >= 4 is 17.3 Å². The summed E-state index contributed by atoms with van der Waals surface area (Å²) in [6.07, 6.45) is 1.71. The number of benzene rings is 1. The molecule has 1 heterocycles. The van der Waals surface area contributed by atoms with Crippen molar-refractivity contribution in [2.45, 2.75) is 32.6 Å². The van der Waals surface area contributed by atoms with Gasteiger partial charge in [0.25, 0.3) is 5.56 Å². The van der Waals surface area contributed by atoms with Crippen LogP contribution in [-0.4, -0.2) is 10.2 Å². The molecule has 0 spiro atoms. The first kappa shape index (κ1) is 13.9. The summed E-state index contributed by atoms with van der Waals surface area (Å²) in [6.45, 7) is 3.90. The minimum atomic E-state index is -0.137. The van der Waals surface area contributed by atoms with Gasteiger partial charge in [-0.25, -0.2) is 5.10 Å². The van der Waals surface area contributed by atoms with E-state index in [0.717, 1.165) is 29.5 Å². The molecule has 3 N–H and O–H groups in total. The number of nitrogens with zero attached hydrogens (tertiary/aromatic N) is 1. The van der Waals surface area contributed by atoms with Crippen LogP contribution in [0.3, 0.4) is 0 Å². The van der Waals surface area contributed by atoms with E-state index in [4.69, 9.17) is 22.1 Å². The fraction of sp³-hybridized carbons (Fsp3) is 0.333. The highest BCUT2D eigenvalue weighted by Crippen LogP contribution is 2.39. The predicted molar refractivity (Wildman–Crippen MR) is 82.3 cm³/mol. The Labute approximate surface area is 127 Å². The molecule has 0 radical (unpaired) electrons. The van der Waals surface area contributed by atoms with E-state index in [2.05, 4.69) is 10.2 Å². The van der Waals surface area contributed by atoms with Crippen LogP contribution in [0.15, 0.2) is 16.9 Å². The van der Waals surface area contributed by atoms with Crippen molar-refractivity contribution in [3.05, 3.63) is 44.2 Å². The molecule has 1 aromatic heterocycles. The molecular formula is C15H16ClN3O2. The molecule has 2 aromatic rings. The van der Waals surface area contributed by atoms with E-state index in [0.29, 0.717) is 22.3 Å². The monoisotopic (exact) mass is 305 g/mol. The van der Waals surface area contributed by atoms with Crippen LogP contribution in [0.5, 0.6) is 11.6 Å². The van der Waals surface area contributed by atoms with Crippen molar-refractivity contribution in [2.24, 2.45) is 0 Å². The number of aromatic nitrogens is 2. The average Bonchev–Trinajstić information content (AvgIpc) is 2.79. The molecule has 0 saturated carbocycles. The zero-order valence-corrected chi connectivity index (χ0v) is 12.6. The number of fused-ring (bicyclic) bond motifs is 1. The molecule has 0 unspecified atom stereocenters. The molecule has 0 bridgehead atoms. The lowest BCUT2D eigenvalue weighted by atomic mass is 10.1. The van der Waals surface area contributed by atoms with Crippen LogP contribution >= 0.6 is 11.6 Å². The maximum Gasteiger partial charge on any atom is 0.268 e. The van der Waals surface area contributed by atoms with Crippen molar-refractivity contribution in [3.63, 3.8) is 0 Å². The van der Waals surface area contributed by atoms with E-state index in [-0.39, 0.29) is 11.5 Å². The zero-order chi connectivity index (χ0) is 15.1. The van der Waals surface area contributed by atoms with Gasteiger partial charge >= 0.3 is 0 Å². The van der Waals surface area contributed by atoms with Gasteiger partial charge < -0.3 is 10.5 Å². The minimum absolute atomic E-state index is 0.137. The average molecular weight is 306 g/mol. The summed E-state index contributed by atoms with van der Waals surface area (Å²) in [6, 6.07) is 3.42. The highest BCUT2D eigenvalue weighted by Gasteiger charge is 2.27. The summed E-state index contributed by atoms with van der Waals surface area (Å²) in [4.78, 5) is 11.9. The lowest BCUT2D eigenvalue weighted by Crippen LogP contribution is -2.16. The molecule has 3 rings (SSSR count). The maximum atomic E-state index is 11.9. The van der Waals surface area contributed by atoms with Gasteiger partial charge in [0.05, 0.1) is 5.02 Å². The first-order chi connectivity index (χ1) is 9.97. The number of ether oxygens (including phenoxy) is 1. The summed E-state index contributed by atoms with van der Waals surface area (Å²) < 4.78 is 5.87. The molecule has 1 aromatic carbocycles. The third kappa shape index (κ3) is 2.38. The standard InChI is InChI=1S/C15H16ClN3O2/c1-7-3-4-10-12(7)14(20)18-19-15(10)21-13-8(2)5-9(17)6-11(13)16/h5-7H,3-4,17H2,1-2H3,(H,18,20)/t7-/m0/s1. The van der Waals surface area contributed by atoms with Gasteiger partial charge in [-0.15, -0.1) is 5.10 Å². The molecular weight excluding hydrogens is 290 g/mol. The predicted octanol–water partition coefficient (Wildman–Crippen LogP) is 3.16. The number of nitrogens with two attached hydrogens (primary N) is 1. The number of halogens is 1. The Kier molecular flexibility index (Phi) is 3.37. The van der Waals surface area contributed by atoms with Crippen molar-refractivity contribution < 1.29 is 4.74 Å². The van der Waals surface area contributed by atoms with E-state index in [1.165, 1.54) is 0 Å². The highest BCUT2D eigenvalue weighted by atomic mass is 35.5. The summed E-state index contributed by atoms with van der Waals surface area (Å²) in [5.74, 6) is 1.16.